The molecule has 0 atom stereocenters. The second-order valence-corrected chi connectivity index (χ2v) is 4.81. The lowest BCUT2D eigenvalue weighted by Gasteiger charge is -2.38. The molecule has 1 fully saturated rings. The molecule has 3 N–H and O–H groups in total. The molecule has 1 aliphatic rings. The van der Waals surface area contributed by atoms with Crippen LogP contribution in [-0.4, -0.2) is 17.4 Å². The maximum atomic E-state index is 11.8. The van der Waals surface area contributed by atoms with Crippen LogP contribution in [0, 0.1) is 5.41 Å². The Labute approximate surface area is 107 Å². The molecule has 1 heterocycles. The number of nitrogens with one attached hydrogen (secondary N) is 1. The molecule has 1 aromatic rings. The molecular formula is C12H18ClN3O. The summed E-state index contributed by atoms with van der Waals surface area (Å²) in [7, 11) is 0. The summed E-state index contributed by atoms with van der Waals surface area (Å²) in [4.78, 5) is 15.7. The van der Waals surface area contributed by atoms with E-state index in [1.54, 1.807) is 12.3 Å². The summed E-state index contributed by atoms with van der Waals surface area (Å²) in [6.07, 6.45) is 6.74. The second-order valence-electron chi connectivity index (χ2n) is 4.81. The van der Waals surface area contributed by atoms with Gasteiger partial charge in [0.2, 0.25) is 0 Å². The standard InChI is InChI=1S/C12H17N3O.ClH/c1-12(4-2-5-12)8-15-11(16)9-7-14-6-3-10(9)13;/h3,6-7H,2,4-5,8H2,1H3,(H2,13,14)(H,15,16);1H. The van der Waals surface area contributed by atoms with Crippen LogP contribution in [-0.2, 0) is 0 Å². The molecule has 0 radical (unpaired) electrons. The molecule has 17 heavy (non-hydrogen) atoms. The van der Waals surface area contributed by atoms with E-state index in [1.165, 1.54) is 25.5 Å². The molecule has 0 unspecified atom stereocenters. The maximum Gasteiger partial charge on any atom is 0.254 e. The molecule has 5 heteroatoms. The predicted molar refractivity (Wildman–Crippen MR) is 70.2 cm³/mol. The fourth-order valence-electron chi connectivity index (χ4n) is 1.94. The van der Waals surface area contributed by atoms with Gasteiger partial charge < -0.3 is 11.1 Å². The largest absolute Gasteiger partial charge is 0.398 e. The lowest BCUT2D eigenvalue weighted by Crippen LogP contribution is -2.40. The van der Waals surface area contributed by atoms with E-state index in [2.05, 4.69) is 17.2 Å². The van der Waals surface area contributed by atoms with Gasteiger partial charge in [0.15, 0.2) is 0 Å². The van der Waals surface area contributed by atoms with Crippen LogP contribution in [0.5, 0.6) is 0 Å². The zero-order valence-electron chi connectivity index (χ0n) is 9.90. The number of nitrogens with zero attached hydrogens (tertiary/aromatic N) is 1. The Kier molecular flexibility index (Phi) is 4.34. The van der Waals surface area contributed by atoms with Gasteiger partial charge in [-0.15, -0.1) is 12.4 Å². The lowest BCUT2D eigenvalue weighted by molar-refractivity contribution is 0.0891. The van der Waals surface area contributed by atoms with Crippen LogP contribution >= 0.6 is 12.4 Å². The molecular weight excluding hydrogens is 238 g/mol. The Bertz CT molecular complexity index is 404. The third-order valence-electron chi connectivity index (χ3n) is 3.34. The normalized spacial score (nSPS) is 16.5. The molecule has 1 amide bonds. The summed E-state index contributed by atoms with van der Waals surface area (Å²) >= 11 is 0. The molecule has 0 saturated heterocycles. The van der Waals surface area contributed by atoms with E-state index in [0.29, 0.717) is 11.3 Å². The molecule has 2 rings (SSSR count). The predicted octanol–water partition coefficient (Wildman–Crippen LogP) is 2.01. The first-order chi connectivity index (χ1) is 7.61. The van der Waals surface area contributed by atoms with E-state index in [1.807, 2.05) is 0 Å². The minimum Gasteiger partial charge on any atom is -0.398 e. The Hall–Kier alpha value is -1.29. The summed E-state index contributed by atoms with van der Waals surface area (Å²) in [5, 5.41) is 2.92. The van der Waals surface area contributed by atoms with Crippen molar-refractivity contribution in [1.29, 1.82) is 0 Å². The number of amides is 1. The Morgan fingerprint density at radius 2 is 2.29 bits per heavy atom. The smallest absolute Gasteiger partial charge is 0.254 e. The fraction of sp³-hybridized carbons (Fsp3) is 0.500. The van der Waals surface area contributed by atoms with Gasteiger partial charge in [0, 0.05) is 24.6 Å². The third kappa shape index (κ3) is 3.09. The van der Waals surface area contributed by atoms with Crippen molar-refractivity contribution in [3.05, 3.63) is 24.0 Å². The van der Waals surface area contributed by atoms with E-state index in [4.69, 9.17) is 5.73 Å². The van der Waals surface area contributed by atoms with Gasteiger partial charge >= 0.3 is 0 Å². The summed E-state index contributed by atoms with van der Waals surface area (Å²) in [6.45, 7) is 2.92. The maximum absolute atomic E-state index is 11.8. The van der Waals surface area contributed by atoms with Crippen molar-refractivity contribution in [1.82, 2.24) is 10.3 Å². The molecule has 1 saturated carbocycles. The Morgan fingerprint density at radius 1 is 1.59 bits per heavy atom. The molecule has 4 nitrogen and oxygen atoms in total. The minimum atomic E-state index is -0.126. The van der Waals surface area contributed by atoms with Crippen molar-refractivity contribution >= 4 is 24.0 Å². The van der Waals surface area contributed by atoms with Crippen molar-refractivity contribution in [2.24, 2.45) is 5.41 Å². The summed E-state index contributed by atoms with van der Waals surface area (Å²) in [5.41, 5.74) is 6.93. The zero-order valence-corrected chi connectivity index (χ0v) is 10.7. The van der Waals surface area contributed by atoms with Crippen molar-refractivity contribution in [3.63, 3.8) is 0 Å². The van der Waals surface area contributed by atoms with Crippen LogP contribution < -0.4 is 11.1 Å². The average molecular weight is 256 g/mol. The SMILES string of the molecule is CC1(CNC(=O)c2cnccc2N)CCC1.Cl. The van der Waals surface area contributed by atoms with Gasteiger partial charge in [0.25, 0.3) is 5.91 Å². The molecule has 0 aromatic carbocycles. The first-order valence-electron chi connectivity index (χ1n) is 5.58. The first kappa shape index (κ1) is 13.8. The monoisotopic (exact) mass is 255 g/mol. The second kappa shape index (κ2) is 5.36. The number of nitrogen functional groups attached to an aromatic ring is 1. The number of halogens is 1. The van der Waals surface area contributed by atoms with E-state index in [-0.39, 0.29) is 23.7 Å². The highest BCUT2D eigenvalue weighted by atomic mass is 35.5. The summed E-state index contributed by atoms with van der Waals surface area (Å²) in [5.74, 6) is -0.126. The zero-order chi connectivity index (χ0) is 11.6. The highest BCUT2D eigenvalue weighted by molar-refractivity contribution is 5.98. The number of anilines is 1. The highest BCUT2D eigenvalue weighted by Crippen LogP contribution is 2.39. The minimum absolute atomic E-state index is 0. The molecule has 0 bridgehead atoms. The number of rotatable bonds is 3. The molecule has 0 aliphatic heterocycles. The molecule has 0 spiro atoms. The van der Waals surface area contributed by atoms with Crippen molar-refractivity contribution in [2.75, 3.05) is 12.3 Å². The Balaban J connectivity index is 0.00000144. The number of nitrogens with two attached hydrogens (primary N) is 1. The van der Waals surface area contributed by atoms with Crippen LogP contribution in [0.25, 0.3) is 0 Å². The number of aromatic nitrogens is 1. The van der Waals surface area contributed by atoms with Crippen molar-refractivity contribution < 1.29 is 4.79 Å². The molecule has 1 aromatic heterocycles. The lowest BCUT2D eigenvalue weighted by atomic mass is 9.70. The fourth-order valence-corrected chi connectivity index (χ4v) is 1.94. The first-order valence-corrected chi connectivity index (χ1v) is 5.58. The van der Waals surface area contributed by atoms with Crippen molar-refractivity contribution in [2.45, 2.75) is 26.2 Å². The van der Waals surface area contributed by atoms with E-state index in [9.17, 15) is 4.79 Å². The van der Waals surface area contributed by atoms with Gasteiger partial charge in [0.1, 0.15) is 0 Å². The topological polar surface area (TPSA) is 68.0 Å². The average Bonchev–Trinajstić information content (AvgIpc) is 2.24. The third-order valence-corrected chi connectivity index (χ3v) is 3.34. The number of hydrogen-bond acceptors (Lipinski definition) is 3. The number of pyridine rings is 1. The van der Waals surface area contributed by atoms with Crippen molar-refractivity contribution in [3.8, 4) is 0 Å². The van der Waals surface area contributed by atoms with Gasteiger partial charge in [-0.3, -0.25) is 9.78 Å². The van der Waals surface area contributed by atoms with Gasteiger partial charge in [-0.2, -0.15) is 0 Å². The highest BCUT2D eigenvalue weighted by Gasteiger charge is 2.32. The van der Waals surface area contributed by atoms with Gasteiger partial charge in [-0.05, 0) is 24.3 Å². The van der Waals surface area contributed by atoms with E-state index < -0.39 is 0 Å². The van der Waals surface area contributed by atoms with Crippen LogP contribution in [0.3, 0.4) is 0 Å². The molecule has 1 aliphatic carbocycles. The number of carbonyl (C=O) groups is 1. The number of hydrogen-bond donors (Lipinski definition) is 2. The van der Waals surface area contributed by atoms with E-state index in [0.717, 1.165) is 6.54 Å². The number of carbonyl (C=O) groups excluding carboxylic acids is 1. The molecule has 94 valence electrons. The van der Waals surface area contributed by atoms with Gasteiger partial charge in [0.05, 0.1) is 5.56 Å². The summed E-state index contributed by atoms with van der Waals surface area (Å²) < 4.78 is 0. The quantitative estimate of drug-likeness (QED) is 0.868. The van der Waals surface area contributed by atoms with Gasteiger partial charge in [-0.25, -0.2) is 0 Å². The van der Waals surface area contributed by atoms with E-state index >= 15 is 0 Å². The van der Waals surface area contributed by atoms with Crippen LogP contribution in [0.15, 0.2) is 18.5 Å². The summed E-state index contributed by atoms with van der Waals surface area (Å²) in [6, 6.07) is 1.64. The van der Waals surface area contributed by atoms with Crippen LogP contribution in [0.2, 0.25) is 0 Å². The Morgan fingerprint density at radius 3 is 2.82 bits per heavy atom. The van der Waals surface area contributed by atoms with Crippen LogP contribution in [0.4, 0.5) is 5.69 Å². The van der Waals surface area contributed by atoms with Crippen LogP contribution in [0.1, 0.15) is 36.5 Å². The van der Waals surface area contributed by atoms with Gasteiger partial charge in [-0.1, -0.05) is 13.3 Å².